The lowest BCUT2D eigenvalue weighted by Crippen LogP contribution is -2.37. The first kappa shape index (κ1) is 27.3. The van der Waals surface area contributed by atoms with E-state index in [0.29, 0.717) is 34.9 Å². The smallest absolute Gasteiger partial charge is 0.319 e. The third-order valence-corrected chi connectivity index (χ3v) is 7.07. The zero-order chi connectivity index (χ0) is 27.4. The van der Waals surface area contributed by atoms with Crippen LogP contribution in [0.15, 0.2) is 53.3 Å². The highest BCUT2D eigenvalue weighted by atomic mass is 35.5. The van der Waals surface area contributed by atoms with E-state index in [9.17, 15) is 24.6 Å². The molecule has 8 nitrogen and oxygen atoms in total. The van der Waals surface area contributed by atoms with Crippen LogP contribution in [0, 0.1) is 5.92 Å². The highest BCUT2D eigenvalue weighted by molar-refractivity contribution is 6.31. The Labute approximate surface area is 226 Å². The molecule has 2 amide bonds. The van der Waals surface area contributed by atoms with Gasteiger partial charge >= 0.3 is 12.0 Å². The molecule has 0 saturated carbocycles. The molecule has 1 aliphatic rings. The number of carbonyl (C=O) groups excluding carboxylic acids is 1. The summed E-state index contributed by atoms with van der Waals surface area (Å²) in [4.78, 5) is 38.2. The maximum atomic E-state index is 13.5. The first-order chi connectivity index (χ1) is 18.1. The second-order valence-electron chi connectivity index (χ2n) is 10.1. The lowest BCUT2D eigenvalue weighted by atomic mass is 9.97. The van der Waals surface area contributed by atoms with E-state index >= 15 is 0 Å². The van der Waals surface area contributed by atoms with E-state index in [1.807, 2.05) is 30.3 Å². The summed E-state index contributed by atoms with van der Waals surface area (Å²) in [5.74, 6) is -0.913. The van der Waals surface area contributed by atoms with Crippen molar-refractivity contribution in [1.82, 2.24) is 9.88 Å². The third kappa shape index (κ3) is 6.19. The molecule has 4 rings (SSSR count). The number of aromatic hydroxyl groups is 1. The number of rotatable bonds is 9. The van der Waals surface area contributed by atoms with Crippen molar-refractivity contribution in [3.8, 4) is 5.75 Å². The van der Waals surface area contributed by atoms with Crippen LogP contribution in [0.4, 0.5) is 10.5 Å². The molecule has 1 aromatic heterocycles. The highest BCUT2D eigenvalue weighted by Gasteiger charge is 2.27. The van der Waals surface area contributed by atoms with Crippen LogP contribution < -0.4 is 16.2 Å². The van der Waals surface area contributed by atoms with Gasteiger partial charge in [-0.1, -0.05) is 67.9 Å². The van der Waals surface area contributed by atoms with Gasteiger partial charge in [-0.2, -0.15) is 0 Å². The molecule has 4 N–H and O–H groups in total. The fourth-order valence-electron chi connectivity index (χ4n) is 5.01. The number of urea groups is 1. The zero-order valence-electron chi connectivity index (χ0n) is 21.5. The third-order valence-electron chi connectivity index (χ3n) is 6.70. The normalized spacial score (nSPS) is 13.3. The lowest BCUT2D eigenvalue weighted by molar-refractivity contribution is -0.137. The first-order valence-corrected chi connectivity index (χ1v) is 13.1. The Bertz CT molecular complexity index is 1420. The number of carboxylic acids is 1. The molecule has 9 heteroatoms. The summed E-state index contributed by atoms with van der Waals surface area (Å²) in [7, 11) is 0. The SMILES string of the molecule is CC(C)Cc1cccc([C@H](CC(=O)O)NC(=O)Nc2c(O)c3c(n(Cc4ccccc4Cl)c2=O)CCC3)c1. The van der Waals surface area contributed by atoms with Crippen molar-refractivity contribution in [3.05, 3.63) is 91.9 Å². The Morgan fingerprint density at radius 2 is 1.87 bits per heavy atom. The van der Waals surface area contributed by atoms with Gasteiger partial charge in [-0.05, 0) is 54.4 Å². The molecular weight excluding hydrogens is 506 g/mol. The number of carbonyl (C=O) groups is 2. The van der Waals surface area contributed by atoms with E-state index in [2.05, 4.69) is 24.5 Å². The minimum Gasteiger partial charge on any atom is -0.505 e. The van der Waals surface area contributed by atoms with E-state index in [0.717, 1.165) is 29.7 Å². The van der Waals surface area contributed by atoms with Crippen molar-refractivity contribution >= 4 is 29.3 Å². The molecule has 0 radical (unpaired) electrons. The van der Waals surface area contributed by atoms with Crippen LogP contribution in [0.1, 0.15) is 60.7 Å². The number of aromatic nitrogens is 1. The number of carboxylic acid groups (broad SMARTS) is 1. The van der Waals surface area contributed by atoms with Gasteiger partial charge in [0.15, 0.2) is 5.69 Å². The maximum absolute atomic E-state index is 13.5. The van der Waals surface area contributed by atoms with Gasteiger partial charge in [-0.15, -0.1) is 0 Å². The van der Waals surface area contributed by atoms with Gasteiger partial charge in [0.25, 0.3) is 5.56 Å². The van der Waals surface area contributed by atoms with Crippen molar-refractivity contribution in [3.63, 3.8) is 0 Å². The Morgan fingerprint density at radius 3 is 2.58 bits per heavy atom. The van der Waals surface area contributed by atoms with Gasteiger partial charge in [-0.25, -0.2) is 4.79 Å². The summed E-state index contributed by atoms with van der Waals surface area (Å²) in [6, 6.07) is 13.0. The van der Waals surface area contributed by atoms with E-state index in [1.54, 1.807) is 22.8 Å². The van der Waals surface area contributed by atoms with Gasteiger partial charge in [0.1, 0.15) is 5.75 Å². The number of nitrogens with one attached hydrogen (secondary N) is 2. The molecule has 2 aromatic carbocycles. The molecular formula is C29H32ClN3O5. The number of anilines is 1. The van der Waals surface area contributed by atoms with Gasteiger partial charge in [0, 0.05) is 16.3 Å². The molecule has 0 bridgehead atoms. The number of pyridine rings is 1. The molecule has 0 fully saturated rings. The van der Waals surface area contributed by atoms with Crippen molar-refractivity contribution in [2.45, 2.75) is 58.5 Å². The van der Waals surface area contributed by atoms with Crippen LogP contribution >= 0.6 is 11.6 Å². The summed E-state index contributed by atoms with van der Waals surface area (Å²) < 4.78 is 1.54. The van der Waals surface area contributed by atoms with Crippen LogP contribution in [0.5, 0.6) is 5.75 Å². The largest absolute Gasteiger partial charge is 0.505 e. The number of benzene rings is 2. The summed E-state index contributed by atoms with van der Waals surface area (Å²) in [6.07, 6.45) is 2.44. The first-order valence-electron chi connectivity index (χ1n) is 12.7. The van der Waals surface area contributed by atoms with E-state index in [-0.39, 0.29) is 24.4 Å². The van der Waals surface area contributed by atoms with Gasteiger partial charge in [0.05, 0.1) is 19.0 Å². The number of hydrogen-bond donors (Lipinski definition) is 4. The summed E-state index contributed by atoms with van der Waals surface area (Å²) in [5.41, 5.74) is 2.99. The van der Waals surface area contributed by atoms with Crippen molar-refractivity contribution in [2.24, 2.45) is 5.92 Å². The molecule has 0 spiro atoms. The molecule has 0 unspecified atom stereocenters. The van der Waals surface area contributed by atoms with E-state index in [1.165, 1.54) is 0 Å². The minimum atomic E-state index is -1.08. The van der Waals surface area contributed by atoms with Gasteiger partial charge in [0.2, 0.25) is 0 Å². The molecule has 38 heavy (non-hydrogen) atoms. The van der Waals surface area contributed by atoms with Crippen LogP contribution in [-0.2, 0) is 30.6 Å². The van der Waals surface area contributed by atoms with Gasteiger partial charge < -0.3 is 25.4 Å². The second-order valence-corrected chi connectivity index (χ2v) is 10.5. The summed E-state index contributed by atoms with van der Waals surface area (Å²) >= 11 is 6.34. The van der Waals surface area contributed by atoms with Crippen molar-refractivity contribution < 1.29 is 19.8 Å². The van der Waals surface area contributed by atoms with Crippen LogP contribution in [-0.4, -0.2) is 26.8 Å². The average Bonchev–Trinajstić information content (AvgIpc) is 3.35. The average molecular weight is 538 g/mol. The van der Waals surface area contributed by atoms with E-state index in [4.69, 9.17) is 11.6 Å². The molecule has 200 valence electrons. The summed E-state index contributed by atoms with van der Waals surface area (Å²) in [5, 5.41) is 26.1. The van der Waals surface area contributed by atoms with Crippen molar-refractivity contribution in [1.29, 1.82) is 0 Å². The number of aliphatic carboxylic acids is 1. The molecule has 1 heterocycles. The highest BCUT2D eigenvalue weighted by Crippen LogP contribution is 2.34. The predicted octanol–water partition coefficient (Wildman–Crippen LogP) is 5.28. The molecule has 1 aliphatic carbocycles. The monoisotopic (exact) mass is 537 g/mol. The number of nitrogens with zero attached hydrogens (tertiary/aromatic N) is 1. The Hall–Kier alpha value is -3.78. The summed E-state index contributed by atoms with van der Waals surface area (Å²) in [6.45, 7) is 4.38. The maximum Gasteiger partial charge on any atom is 0.319 e. The predicted molar refractivity (Wildman–Crippen MR) is 147 cm³/mol. The number of halogens is 1. The number of fused-ring (bicyclic) bond motifs is 1. The van der Waals surface area contributed by atoms with Gasteiger partial charge in [-0.3, -0.25) is 9.59 Å². The number of hydrogen-bond acceptors (Lipinski definition) is 4. The Kier molecular flexibility index (Phi) is 8.42. The lowest BCUT2D eigenvalue weighted by Gasteiger charge is -2.21. The topological polar surface area (TPSA) is 121 Å². The van der Waals surface area contributed by atoms with E-state index < -0.39 is 23.6 Å². The second kappa shape index (κ2) is 11.7. The quantitative estimate of drug-likeness (QED) is 0.296. The molecule has 3 aromatic rings. The molecule has 1 atom stereocenters. The number of amides is 2. The molecule has 0 saturated heterocycles. The standard InChI is InChI=1S/C29H32ClN3O5/c1-17(2)13-18-7-5-9-19(14-18)23(15-25(34)35)31-29(38)32-26-27(36)21-10-6-12-24(21)33(28(26)37)16-20-8-3-4-11-22(20)30/h3-5,7-9,11,14,17,23,36H,6,10,12-13,15-16H2,1-2H3,(H,34,35)(H2,31,32,38)/t23-/m0/s1. The molecule has 0 aliphatic heterocycles. The fourth-order valence-corrected chi connectivity index (χ4v) is 5.21. The fraction of sp³-hybridized carbons (Fsp3) is 0.345. The Balaban J connectivity index is 1.63. The van der Waals surface area contributed by atoms with Crippen molar-refractivity contribution in [2.75, 3.05) is 5.32 Å². The van der Waals surface area contributed by atoms with Crippen LogP contribution in [0.2, 0.25) is 5.02 Å². The Morgan fingerprint density at radius 1 is 1.11 bits per heavy atom. The van der Waals surface area contributed by atoms with Crippen LogP contribution in [0.25, 0.3) is 0 Å². The van der Waals surface area contributed by atoms with Crippen LogP contribution in [0.3, 0.4) is 0 Å². The minimum absolute atomic E-state index is 0.196. The zero-order valence-corrected chi connectivity index (χ0v) is 22.2.